The van der Waals surface area contributed by atoms with Gasteiger partial charge in [0.25, 0.3) is 5.91 Å². The summed E-state index contributed by atoms with van der Waals surface area (Å²) in [6.07, 6.45) is -2.24. The summed E-state index contributed by atoms with van der Waals surface area (Å²) >= 11 is 0. The van der Waals surface area contributed by atoms with E-state index in [1.54, 1.807) is 0 Å². The first-order chi connectivity index (χ1) is 11.4. The third kappa shape index (κ3) is 2.90. The van der Waals surface area contributed by atoms with Gasteiger partial charge in [0.05, 0.1) is 31.0 Å². The largest absolute Gasteiger partial charge is 0.442 e. The molecular formula is C15H16FN3O5. The van der Waals surface area contributed by atoms with Crippen LogP contribution in [0, 0.1) is 5.82 Å². The maximum absolute atomic E-state index is 14.2. The second kappa shape index (κ2) is 6.08. The molecule has 1 aromatic rings. The van der Waals surface area contributed by atoms with Crippen molar-refractivity contribution in [2.45, 2.75) is 19.1 Å². The normalized spacial score (nSPS) is 23.1. The first-order valence-corrected chi connectivity index (χ1v) is 7.38. The van der Waals surface area contributed by atoms with E-state index >= 15 is 0 Å². The van der Waals surface area contributed by atoms with E-state index in [1.165, 1.54) is 24.0 Å². The lowest BCUT2D eigenvalue weighted by atomic mass is 10.1. The molecule has 0 radical (unpaired) electrons. The highest BCUT2D eigenvalue weighted by atomic mass is 19.1. The van der Waals surface area contributed by atoms with Gasteiger partial charge in [-0.05, 0) is 18.2 Å². The molecule has 0 aliphatic carbocycles. The topological polar surface area (TPSA) is 99.2 Å². The van der Waals surface area contributed by atoms with Gasteiger partial charge in [-0.15, -0.1) is 0 Å². The Morgan fingerprint density at radius 3 is 2.71 bits per heavy atom. The summed E-state index contributed by atoms with van der Waals surface area (Å²) in [6.45, 7) is 1.76. The van der Waals surface area contributed by atoms with Crippen LogP contribution in [0.1, 0.15) is 6.92 Å². The van der Waals surface area contributed by atoms with E-state index in [4.69, 9.17) is 4.74 Å². The van der Waals surface area contributed by atoms with Crippen molar-refractivity contribution < 1.29 is 28.6 Å². The van der Waals surface area contributed by atoms with Crippen LogP contribution in [-0.2, 0) is 14.3 Å². The SMILES string of the molecule is CC(=O)NC[C@H]1CN(c2ccc(N3C[C@H](O)C3=O)c(F)c2)C(=O)O1. The number of halogens is 1. The molecular weight excluding hydrogens is 321 g/mol. The van der Waals surface area contributed by atoms with Crippen LogP contribution < -0.4 is 15.1 Å². The number of hydrogen-bond donors (Lipinski definition) is 2. The molecule has 24 heavy (non-hydrogen) atoms. The summed E-state index contributed by atoms with van der Waals surface area (Å²) in [5.74, 6) is -1.47. The van der Waals surface area contributed by atoms with E-state index in [9.17, 15) is 23.9 Å². The Bertz CT molecular complexity index is 710. The Morgan fingerprint density at radius 2 is 2.12 bits per heavy atom. The summed E-state index contributed by atoms with van der Waals surface area (Å²) < 4.78 is 19.4. The molecule has 0 unspecified atom stereocenters. The Balaban J connectivity index is 1.71. The number of rotatable bonds is 4. The number of nitrogens with one attached hydrogen (secondary N) is 1. The number of β-amino-alcohol motifs (C(OH)–C–C–N with tert-alkyl or cyclic N) is 1. The maximum atomic E-state index is 14.2. The minimum atomic E-state index is -1.09. The van der Waals surface area contributed by atoms with Crippen LogP contribution >= 0.6 is 0 Å². The Hall–Kier alpha value is -2.68. The van der Waals surface area contributed by atoms with Crippen molar-refractivity contribution >= 4 is 29.3 Å². The predicted octanol–water partition coefficient (Wildman–Crippen LogP) is -0.00550. The zero-order valence-electron chi connectivity index (χ0n) is 12.9. The van der Waals surface area contributed by atoms with Gasteiger partial charge in [0.1, 0.15) is 11.9 Å². The highest BCUT2D eigenvalue weighted by Crippen LogP contribution is 2.30. The number of aliphatic hydroxyl groups is 1. The second-order valence-corrected chi connectivity index (χ2v) is 5.65. The molecule has 9 heteroatoms. The number of cyclic esters (lactones) is 1. The van der Waals surface area contributed by atoms with Crippen LogP contribution in [0.3, 0.4) is 0 Å². The summed E-state index contributed by atoms with van der Waals surface area (Å²) in [4.78, 5) is 36.6. The van der Waals surface area contributed by atoms with Crippen molar-refractivity contribution in [2.75, 3.05) is 29.4 Å². The molecule has 8 nitrogen and oxygen atoms in total. The van der Waals surface area contributed by atoms with E-state index < -0.39 is 30.0 Å². The number of amides is 3. The van der Waals surface area contributed by atoms with Crippen LogP contribution in [-0.4, -0.2) is 54.9 Å². The molecule has 2 heterocycles. The lowest BCUT2D eigenvalue weighted by molar-refractivity contribution is -0.132. The van der Waals surface area contributed by atoms with Gasteiger partial charge in [0.15, 0.2) is 6.10 Å². The molecule has 2 atom stereocenters. The maximum Gasteiger partial charge on any atom is 0.414 e. The third-order valence-corrected chi connectivity index (χ3v) is 3.89. The minimum absolute atomic E-state index is 0.0413. The molecule has 0 aromatic heterocycles. The van der Waals surface area contributed by atoms with E-state index in [2.05, 4.69) is 5.32 Å². The summed E-state index contributed by atoms with van der Waals surface area (Å²) in [5.41, 5.74) is 0.344. The molecule has 0 saturated carbocycles. The number of aliphatic hydroxyl groups excluding tert-OH is 1. The fraction of sp³-hybridized carbons (Fsp3) is 0.400. The Labute approximate surface area is 136 Å². The van der Waals surface area contributed by atoms with Crippen LogP contribution in [0.2, 0.25) is 0 Å². The number of β-lactam (4-membered cyclic amide) rings is 1. The van der Waals surface area contributed by atoms with E-state index in [1.807, 2.05) is 0 Å². The molecule has 2 aliphatic heterocycles. The molecule has 3 rings (SSSR count). The molecule has 1 aromatic carbocycles. The van der Waals surface area contributed by atoms with Gasteiger partial charge in [-0.1, -0.05) is 0 Å². The van der Waals surface area contributed by atoms with Crippen LogP contribution in [0.5, 0.6) is 0 Å². The fourth-order valence-corrected chi connectivity index (χ4v) is 2.60. The van der Waals surface area contributed by atoms with Gasteiger partial charge < -0.3 is 20.1 Å². The average Bonchev–Trinajstić information content (AvgIpc) is 2.91. The van der Waals surface area contributed by atoms with E-state index in [0.717, 1.165) is 11.0 Å². The predicted molar refractivity (Wildman–Crippen MR) is 81.1 cm³/mol. The van der Waals surface area contributed by atoms with Gasteiger partial charge >= 0.3 is 6.09 Å². The van der Waals surface area contributed by atoms with Crippen molar-refractivity contribution in [2.24, 2.45) is 0 Å². The standard InChI is InChI=1S/C15H16FN3O5/c1-8(20)17-5-10-6-18(15(23)24-10)9-2-3-12(11(16)4-9)19-7-13(21)14(19)22/h2-4,10,13,21H,5-7H2,1H3,(H,17,20)/t10-,13-/m0/s1. The van der Waals surface area contributed by atoms with Gasteiger partial charge in [-0.2, -0.15) is 0 Å². The van der Waals surface area contributed by atoms with Crippen molar-refractivity contribution in [3.05, 3.63) is 24.0 Å². The summed E-state index contributed by atoms with van der Waals surface area (Å²) in [7, 11) is 0. The highest BCUT2D eigenvalue weighted by molar-refractivity contribution is 6.03. The summed E-state index contributed by atoms with van der Waals surface area (Å²) in [6, 6.07) is 4.01. The van der Waals surface area contributed by atoms with Crippen molar-refractivity contribution in [3.8, 4) is 0 Å². The number of hydrogen-bond acceptors (Lipinski definition) is 5. The zero-order valence-corrected chi connectivity index (χ0v) is 12.9. The van der Waals surface area contributed by atoms with Gasteiger partial charge in [0, 0.05) is 6.92 Å². The van der Waals surface area contributed by atoms with Crippen molar-refractivity contribution in [1.82, 2.24) is 5.32 Å². The first kappa shape index (κ1) is 16.2. The molecule has 2 saturated heterocycles. The number of nitrogens with zero attached hydrogens (tertiary/aromatic N) is 2. The molecule has 2 aliphatic rings. The van der Waals surface area contributed by atoms with Gasteiger partial charge in [0.2, 0.25) is 5.91 Å². The van der Waals surface area contributed by atoms with Crippen LogP contribution in [0.25, 0.3) is 0 Å². The van der Waals surface area contributed by atoms with Crippen LogP contribution in [0.4, 0.5) is 20.6 Å². The third-order valence-electron chi connectivity index (χ3n) is 3.89. The fourth-order valence-electron chi connectivity index (χ4n) is 2.60. The molecule has 2 N–H and O–H groups in total. The Kier molecular flexibility index (Phi) is 4.10. The molecule has 0 spiro atoms. The minimum Gasteiger partial charge on any atom is -0.442 e. The summed E-state index contributed by atoms with van der Waals surface area (Å²) in [5, 5.41) is 11.8. The van der Waals surface area contributed by atoms with Gasteiger partial charge in [-0.3, -0.25) is 14.5 Å². The number of carbonyl (C=O) groups excluding carboxylic acids is 3. The number of ether oxygens (including phenoxy) is 1. The van der Waals surface area contributed by atoms with Crippen molar-refractivity contribution in [1.29, 1.82) is 0 Å². The lowest BCUT2D eigenvalue weighted by Gasteiger charge is -2.35. The lowest BCUT2D eigenvalue weighted by Crippen LogP contribution is -2.57. The number of anilines is 2. The Morgan fingerprint density at radius 1 is 1.38 bits per heavy atom. The van der Waals surface area contributed by atoms with Crippen LogP contribution in [0.15, 0.2) is 18.2 Å². The highest BCUT2D eigenvalue weighted by Gasteiger charge is 2.38. The second-order valence-electron chi connectivity index (χ2n) is 5.65. The quantitative estimate of drug-likeness (QED) is 0.753. The smallest absolute Gasteiger partial charge is 0.414 e. The van der Waals surface area contributed by atoms with E-state index in [-0.39, 0.29) is 31.2 Å². The first-order valence-electron chi connectivity index (χ1n) is 7.38. The average molecular weight is 337 g/mol. The number of carbonyl (C=O) groups is 3. The molecule has 3 amide bonds. The van der Waals surface area contributed by atoms with Crippen molar-refractivity contribution in [3.63, 3.8) is 0 Å². The zero-order chi connectivity index (χ0) is 17.4. The van der Waals surface area contributed by atoms with E-state index in [0.29, 0.717) is 5.69 Å². The molecule has 0 bridgehead atoms. The molecule has 128 valence electrons. The molecule has 2 fully saturated rings. The van der Waals surface area contributed by atoms with Gasteiger partial charge in [-0.25, -0.2) is 9.18 Å². The monoisotopic (exact) mass is 337 g/mol. The number of benzene rings is 1.